The lowest BCUT2D eigenvalue weighted by Crippen LogP contribution is -2.45. The standard InChI is InChI=1S/C28H25ClN2O5/c1-2-36-28(35)20-12-14-22(15-13-20)31-26(33)17-24(27(31)34)30(18-21-10-6-7-11-23(21)29)25(32)16-19-8-4-3-5-9-19/h3-15,24H,2,16-18H2,1H3. The number of nitrogens with zero attached hydrogens (tertiary/aromatic N) is 2. The molecule has 1 aliphatic heterocycles. The van der Waals surface area contributed by atoms with Gasteiger partial charge >= 0.3 is 5.97 Å². The molecule has 0 aliphatic carbocycles. The van der Waals surface area contributed by atoms with Gasteiger partial charge in [0.1, 0.15) is 6.04 Å². The Morgan fingerprint density at radius 2 is 1.64 bits per heavy atom. The highest BCUT2D eigenvalue weighted by atomic mass is 35.5. The number of esters is 1. The van der Waals surface area contributed by atoms with Gasteiger partial charge in [0, 0.05) is 11.6 Å². The molecule has 3 aromatic carbocycles. The zero-order valence-corrected chi connectivity index (χ0v) is 20.5. The van der Waals surface area contributed by atoms with Crippen molar-refractivity contribution in [3.05, 3.63) is 101 Å². The summed E-state index contributed by atoms with van der Waals surface area (Å²) in [4.78, 5) is 54.4. The van der Waals surface area contributed by atoms with E-state index in [0.717, 1.165) is 10.5 Å². The van der Waals surface area contributed by atoms with Crippen molar-refractivity contribution < 1.29 is 23.9 Å². The molecule has 1 aliphatic rings. The van der Waals surface area contributed by atoms with Crippen LogP contribution in [-0.4, -0.2) is 41.2 Å². The number of benzene rings is 3. The molecule has 3 amide bonds. The first-order chi connectivity index (χ1) is 17.4. The zero-order chi connectivity index (χ0) is 25.7. The number of hydrogen-bond acceptors (Lipinski definition) is 5. The van der Waals surface area contributed by atoms with Crippen molar-refractivity contribution in [1.82, 2.24) is 4.90 Å². The van der Waals surface area contributed by atoms with E-state index in [-0.39, 0.29) is 31.9 Å². The first-order valence-electron chi connectivity index (χ1n) is 11.6. The van der Waals surface area contributed by atoms with Gasteiger partial charge in [-0.1, -0.05) is 60.1 Å². The smallest absolute Gasteiger partial charge is 0.338 e. The molecule has 4 rings (SSSR count). The minimum atomic E-state index is -0.977. The third-order valence-corrected chi connectivity index (χ3v) is 6.32. The Hall–Kier alpha value is -3.97. The summed E-state index contributed by atoms with van der Waals surface area (Å²) in [6.45, 7) is 2.04. The second-order valence-corrected chi connectivity index (χ2v) is 8.74. The summed E-state index contributed by atoms with van der Waals surface area (Å²) in [7, 11) is 0. The summed E-state index contributed by atoms with van der Waals surface area (Å²) in [6, 6.07) is 21.4. The number of ether oxygens (including phenoxy) is 1. The molecule has 0 bridgehead atoms. The Morgan fingerprint density at radius 3 is 2.31 bits per heavy atom. The van der Waals surface area contributed by atoms with Gasteiger partial charge < -0.3 is 9.64 Å². The maximum Gasteiger partial charge on any atom is 0.338 e. The summed E-state index contributed by atoms with van der Waals surface area (Å²) in [5.74, 6) is -1.70. The SMILES string of the molecule is CCOC(=O)c1ccc(N2C(=O)CC(N(Cc3ccccc3Cl)C(=O)Cc3ccccc3)C2=O)cc1. The molecule has 1 saturated heterocycles. The van der Waals surface area contributed by atoms with Gasteiger partial charge in [-0.05, 0) is 48.4 Å². The highest BCUT2D eigenvalue weighted by molar-refractivity contribution is 6.31. The zero-order valence-electron chi connectivity index (χ0n) is 19.7. The highest BCUT2D eigenvalue weighted by Gasteiger charge is 2.44. The van der Waals surface area contributed by atoms with Crippen LogP contribution in [0.15, 0.2) is 78.9 Å². The molecule has 1 unspecified atom stereocenters. The van der Waals surface area contributed by atoms with Crippen molar-refractivity contribution in [2.45, 2.75) is 32.4 Å². The average molecular weight is 505 g/mol. The fraction of sp³-hybridized carbons (Fsp3) is 0.214. The Labute approximate surface area is 214 Å². The third-order valence-electron chi connectivity index (χ3n) is 5.95. The van der Waals surface area contributed by atoms with Crippen LogP contribution < -0.4 is 4.90 Å². The Balaban J connectivity index is 1.61. The fourth-order valence-electron chi connectivity index (χ4n) is 4.15. The lowest BCUT2D eigenvalue weighted by atomic mass is 10.1. The number of imide groups is 1. The van der Waals surface area contributed by atoms with Gasteiger partial charge in [-0.3, -0.25) is 14.4 Å². The van der Waals surface area contributed by atoms with Gasteiger partial charge in [-0.15, -0.1) is 0 Å². The summed E-state index contributed by atoms with van der Waals surface area (Å²) in [6.07, 6.45) is -0.0685. The van der Waals surface area contributed by atoms with Crippen molar-refractivity contribution in [3.63, 3.8) is 0 Å². The summed E-state index contributed by atoms with van der Waals surface area (Å²) >= 11 is 6.35. The van der Waals surface area contributed by atoms with E-state index < -0.39 is 23.8 Å². The second-order valence-electron chi connectivity index (χ2n) is 8.33. The molecule has 3 aromatic rings. The van der Waals surface area contributed by atoms with E-state index in [9.17, 15) is 19.2 Å². The van der Waals surface area contributed by atoms with Gasteiger partial charge in [0.15, 0.2) is 0 Å². The van der Waals surface area contributed by atoms with E-state index in [1.54, 1.807) is 31.2 Å². The predicted molar refractivity (Wildman–Crippen MR) is 135 cm³/mol. The molecule has 0 spiro atoms. The van der Waals surface area contributed by atoms with Crippen LogP contribution in [0.2, 0.25) is 5.02 Å². The molecule has 0 N–H and O–H groups in total. The van der Waals surface area contributed by atoms with Crippen molar-refractivity contribution in [2.24, 2.45) is 0 Å². The fourth-order valence-corrected chi connectivity index (χ4v) is 4.34. The van der Waals surface area contributed by atoms with Crippen LogP contribution in [0.25, 0.3) is 0 Å². The summed E-state index contributed by atoms with van der Waals surface area (Å²) in [5, 5.41) is 0.471. The number of anilines is 1. The summed E-state index contributed by atoms with van der Waals surface area (Å²) in [5.41, 5.74) is 2.12. The number of carbonyl (C=O) groups excluding carboxylic acids is 4. The number of amides is 3. The predicted octanol–water partition coefficient (Wildman–Crippen LogP) is 4.42. The van der Waals surface area contributed by atoms with E-state index in [0.29, 0.717) is 21.8 Å². The number of halogens is 1. The molecule has 36 heavy (non-hydrogen) atoms. The topological polar surface area (TPSA) is 84.0 Å². The normalized spacial score (nSPS) is 15.2. The van der Waals surface area contributed by atoms with Gasteiger partial charge in [-0.2, -0.15) is 0 Å². The average Bonchev–Trinajstić information content (AvgIpc) is 3.17. The molecule has 1 atom stereocenters. The van der Waals surface area contributed by atoms with Crippen LogP contribution in [0.5, 0.6) is 0 Å². The largest absolute Gasteiger partial charge is 0.462 e. The van der Waals surface area contributed by atoms with Crippen molar-refractivity contribution in [3.8, 4) is 0 Å². The van der Waals surface area contributed by atoms with E-state index in [1.165, 1.54) is 29.2 Å². The van der Waals surface area contributed by atoms with E-state index in [1.807, 2.05) is 30.3 Å². The molecule has 7 nitrogen and oxygen atoms in total. The van der Waals surface area contributed by atoms with Gasteiger partial charge in [-0.25, -0.2) is 9.69 Å². The van der Waals surface area contributed by atoms with Crippen LogP contribution in [-0.2, 0) is 32.1 Å². The molecule has 0 saturated carbocycles. The molecule has 184 valence electrons. The van der Waals surface area contributed by atoms with Crippen molar-refractivity contribution in [2.75, 3.05) is 11.5 Å². The molecule has 0 radical (unpaired) electrons. The van der Waals surface area contributed by atoms with Crippen LogP contribution in [0, 0.1) is 0 Å². The minimum absolute atomic E-state index is 0.0809. The van der Waals surface area contributed by atoms with Crippen LogP contribution in [0.1, 0.15) is 34.8 Å². The Bertz CT molecular complexity index is 1280. The van der Waals surface area contributed by atoms with Crippen LogP contribution in [0.4, 0.5) is 5.69 Å². The molecule has 1 fully saturated rings. The van der Waals surface area contributed by atoms with Crippen molar-refractivity contribution >= 4 is 41.0 Å². The monoisotopic (exact) mass is 504 g/mol. The quantitative estimate of drug-likeness (QED) is 0.335. The first-order valence-corrected chi connectivity index (χ1v) is 12.0. The van der Waals surface area contributed by atoms with Crippen molar-refractivity contribution in [1.29, 1.82) is 0 Å². The van der Waals surface area contributed by atoms with E-state index in [2.05, 4.69) is 0 Å². The lowest BCUT2D eigenvalue weighted by molar-refractivity contribution is -0.138. The number of rotatable bonds is 8. The van der Waals surface area contributed by atoms with Gasteiger partial charge in [0.25, 0.3) is 5.91 Å². The molecule has 8 heteroatoms. The number of hydrogen-bond donors (Lipinski definition) is 0. The molecular formula is C28H25ClN2O5. The van der Waals surface area contributed by atoms with Gasteiger partial charge in [0.2, 0.25) is 11.8 Å². The van der Waals surface area contributed by atoms with E-state index >= 15 is 0 Å². The van der Waals surface area contributed by atoms with Crippen LogP contribution in [0.3, 0.4) is 0 Å². The Morgan fingerprint density at radius 1 is 0.972 bits per heavy atom. The second kappa shape index (κ2) is 11.2. The number of carbonyl (C=O) groups is 4. The van der Waals surface area contributed by atoms with E-state index in [4.69, 9.17) is 16.3 Å². The minimum Gasteiger partial charge on any atom is -0.462 e. The Kier molecular flexibility index (Phi) is 7.80. The lowest BCUT2D eigenvalue weighted by Gasteiger charge is -2.28. The summed E-state index contributed by atoms with van der Waals surface area (Å²) < 4.78 is 4.98. The first kappa shape index (κ1) is 25.1. The molecular weight excluding hydrogens is 480 g/mol. The third kappa shape index (κ3) is 5.47. The highest BCUT2D eigenvalue weighted by Crippen LogP contribution is 2.29. The maximum atomic E-state index is 13.5. The molecule has 1 heterocycles. The maximum absolute atomic E-state index is 13.5. The van der Waals surface area contributed by atoms with Crippen LogP contribution >= 0.6 is 11.6 Å². The molecule has 0 aromatic heterocycles. The van der Waals surface area contributed by atoms with Gasteiger partial charge in [0.05, 0.1) is 30.7 Å².